The van der Waals surface area contributed by atoms with Gasteiger partial charge in [0.25, 0.3) is 0 Å². The Morgan fingerprint density at radius 1 is 1.00 bits per heavy atom. The zero-order valence-corrected chi connectivity index (χ0v) is 19.5. The summed E-state index contributed by atoms with van der Waals surface area (Å²) in [5, 5.41) is 0. The maximum atomic E-state index is 13.1. The molecule has 4 saturated heterocycles. The number of ketones is 1. The summed E-state index contributed by atoms with van der Waals surface area (Å²) in [6.07, 6.45) is 5.60. The van der Waals surface area contributed by atoms with Gasteiger partial charge in [-0.05, 0) is 37.2 Å². The second-order valence-corrected chi connectivity index (χ2v) is 12.5. The number of hydrogen-bond donors (Lipinski definition) is 0. The van der Waals surface area contributed by atoms with Crippen molar-refractivity contribution in [2.24, 2.45) is 33.5 Å². The number of Topliss-reactive ketones (excluding diaryl/α,β-unsaturated/α-hetero) is 1. The van der Waals surface area contributed by atoms with Crippen molar-refractivity contribution in [1.82, 2.24) is 0 Å². The van der Waals surface area contributed by atoms with Gasteiger partial charge in [-0.2, -0.15) is 0 Å². The van der Waals surface area contributed by atoms with E-state index in [-0.39, 0.29) is 45.8 Å². The van der Waals surface area contributed by atoms with Gasteiger partial charge in [-0.15, -0.1) is 0 Å². The Morgan fingerprint density at radius 2 is 1.78 bits per heavy atom. The summed E-state index contributed by atoms with van der Waals surface area (Å²) in [5.41, 5.74) is -0.854. The first-order valence-corrected chi connectivity index (χ1v) is 12.1. The highest BCUT2D eigenvalue weighted by Gasteiger charge is 2.90. The van der Waals surface area contributed by atoms with Gasteiger partial charge >= 0.3 is 5.97 Å². The second kappa shape index (κ2) is 5.35. The number of furan rings is 1. The summed E-state index contributed by atoms with van der Waals surface area (Å²) in [4.78, 5) is 26.1. The minimum absolute atomic E-state index is 0.0303. The minimum Gasteiger partial charge on any atom is -0.472 e. The van der Waals surface area contributed by atoms with Crippen LogP contribution in [0.5, 0.6) is 0 Å². The SMILES string of the molecule is CC1(C)C(=O)C[C@@H]2O[C@@H]3C[C@@H]1[C@@]2(C)[C@H]1CC[C@@]2(C)[C@H](c4ccoc4)OC(=O)[C@H]4O[C@]42[C@@]13C. The van der Waals surface area contributed by atoms with Crippen LogP contribution in [-0.2, 0) is 23.8 Å². The van der Waals surface area contributed by atoms with Crippen LogP contribution in [0.15, 0.2) is 23.0 Å². The Labute approximate surface area is 188 Å². The number of carbonyl (C=O) groups excluding carboxylic acids is 2. The molecule has 1 aromatic rings. The van der Waals surface area contributed by atoms with Crippen LogP contribution in [0.4, 0.5) is 0 Å². The predicted molar refractivity (Wildman–Crippen MR) is 112 cm³/mol. The summed E-state index contributed by atoms with van der Waals surface area (Å²) in [5.74, 6) is 0.681. The standard InChI is InChI=1S/C26H32O6/c1-22(2)15-10-18-25(5)14(24(15,4)17(30-18)11-16(22)27)6-8-23(3)19(13-7-9-29-12-13)31-21(28)20-26(23,25)32-20/h7,9,12,14-15,17-20H,6,8,10-11H2,1-5H3/t14-,15+,17+,18-,19+,20-,23+,24-,25+,26-/m1/s1. The van der Waals surface area contributed by atoms with E-state index < -0.39 is 17.8 Å². The third-order valence-electron chi connectivity index (χ3n) is 11.4. The monoisotopic (exact) mass is 440 g/mol. The van der Waals surface area contributed by atoms with Crippen molar-refractivity contribution in [2.45, 2.75) is 90.3 Å². The minimum atomic E-state index is -0.616. The summed E-state index contributed by atoms with van der Waals surface area (Å²) in [7, 11) is 0. The number of carbonyl (C=O) groups is 2. The van der Waals surface area contributed by atoms with Crippen LogP contribution < -0.4 is 0 Å². The van der Waals surface area contributed by atoms with Crippen molar-refractivity contribution in [2.75, 3.05) is 0 Å². The number of cyclic esters (lactones) is 1. The average molecular weight is 441 g/mol. The Hall–Kier alpha value is -1.66. The molecule has 0 amide bonds. The molecule has 4 bridgehead atoms. The van der Waals surface area contributed by atoms with Gasteiger partial charge in [0.05, 0.1) is 24.7 Å². The molecule has 7 aliphatic rings. The molecule has 3 saturated carbocycles. The quantitative estimate of drug-likeness (QED) is 0.480. The summed E-state index contributed by atoms with van der Waals surface area (Å²) in [6.45, 7) is 11.2. The average Bonchev–Trinajstić information content (AvgIpc) is 3.30. The van der Waals surface area contributed by atoms with Gasteiger partial charge in [-0.1, -0.05) is 34.6 Å². The van der Waals surface area contributed by atoms with E-state index in [2.05, 4.69) is 34.6 Å². The Kier molecular flexibility index (Phi) is 3.31. The van der Waals surface area contributed by atoms with E-state index in [1.165, 1.54) is 0 Å². The van der Waals surface area contributed by atoms with E-state index in [0.717, 1.165) is 24.8 Å². The molecule has 6 heteroatoms. The van der Waals surface area contributed by atoms with Crippen molar-refractivity contribution in [3.8, 4) is 0 Å². The van der Waals surface area contributed by atoms with E-state index >= 15 is 0 Å². The van der Waals surface area contributed by atoms with Crippen molar-refractivity contribution < 1.29 is 28.2 Å². The van der Waals surface area contributed by atoms with E-state index in [1.807, 2.05) is 6.07 Å². The Bertz CT molecular complexity index is 1040. The maximum absolute atomic E-state index is 13.1. The maximum Gasteiger partial charge on any atom is 0.339 e. The molecule has 5 heterocycles. The van der Waals surface area contributed by atoms with E-state index in [9.17, 15) is 9.59 Å². The fourth-order valence-electron chi connectivity index (χ4n) is 9.84. The zero-order valence-electron chi connectivity index (χ0n) is 19.5. The molecule has 32 heavy (non-hydrogen) atoms. The molecular formula is C26H32O6. The number of ether oxygens (including phenoxy) is 3. The van der Waals surface area contributed by atoms with Gasteiger partial charge in [0.15, 0.2) is 6.10 Å². The van der Waals surface area contributed by atoms with Crippen LogP contribution in [0, 0.1) is 33.5 Å². The van der Waals surface area contributed by atoms with Crippen molar-refractivity contribution >= 4 is 11.8 Å². The van der Waals surface area contributed by atoms with Gasteiger partial charge in [0.2, 0.25) is 0 Å². The van der Waals surface area contributed by atoms with Gasteiger partial charge in [-0.25, -0.2) is 4.79 Å². The summed E-state index contributed by atoms with van der Waals surface area (Å²) in [6, 6.07) is 1.90. The largest absolute Gasteiger partial charge is 0.472 e. The lowest BCUT2D eigenvalue weighted by atomic mass is 9.33. The van der Waals surface area contributed by atoms with E-state index in [1.54, 1.807) is 12.5 Å². The normalized spacial score (nSPS) is 56.7. The second-order valence-electron chi connectivity index (χ2n) is 12.5. The first-order valence-electron chi connectivity index (χ1n) is 12.1. The lowest BCUT2D eigenvalue weighted by Gasteiger charge is -2.75. The topological polar surface area (TPSA) is 78.3 Å². The fourth-order valence-corrected chi connectivity index (χ4v) is 9.84. The van der Waals surface area contributed by atoms with Crippen LogP contribution in [0.3, 0.4) is 0 Å². The Morgan fingerprint density at radius 3 is 2.50 bits per heavy atom. The molecule has 172 valence electrons. The molecule has 4 aliphatic heterocycles. The first kappa shape index (κ1) is 19.8. The molecule has 10 atom stereocenters. The van der Waals surface area contributed by atoms with Gasteiger partial charge in [-0.3, -0.25) is 4.79 Å². The van der Waals surface area contributed by atoms with Crippen LogP contribution in [0.2, 0.25) is 0 Å². The van der Waals surface area contributed by atoms with Crippen molar-refractivity contribution in [3.63, 3.8) is 0 Å². The van der Waals surface area contributed by atoms with Crippen LogP contribution in [-0.4, -0.2) is 35.7 Å². The molecule has 1 aromatic heterocycles. The molecule has 0 unspecified atom stereocenters. The zero-order chi connectivity index (χ0) is 22.5. The molecule has 0 N–H and O–H groups in total. The Balaban J connectivity index is 1.39. The number of esters is 1. The van der Waals surface area contributed by atoms with Crippen LogP contribution in [0.25, 0.3) is 0 Å². The van der Waals surface area contributed by atoms with Gasteiger partial charge in [0.1, 0.15) is 17.5 Å². The highest BCUT2D eigenvalue weighted by molar-refractivity contribution is 5.86. The molecular weight excluding hydrogens is 408 g/mol. The molecule has 7 fully saturated rings. The third-order valence-corrected chi connectivity index (χ3v) is 11.4. The number of rotatable bonds is 1. The summed E-state index contributed by atoms with van der Waals surface area (Å²) >= 11 is 0. The van der Waals surface area contributed by atoms with E-state index in [0.29, 0.717) is 18.1 Å². The van der Waals surface area contributed by atoms with Gasteiger partial charge < -0.3 is 18.6 Å². The highest BCUT2D eigenvalue weighted by Crippen LogP contribution is 2.82. The molecule has 0 radical (unpaired) electrons. The molecule has 0 aromatic carbocycles. The molecule has 8 rings (SSSR count). The fraction of sp³-hybridized carbons (Fsp3) is 0.769. The molecule has 6 nitrogen and oxygen atoms in total. The lowest BCUT2D eigenvalue weighted by Crippen LogP contribution is -2.79. The smallest absolute Gasteiger partial charge is 0.339 e. The molecule has 3 aliphatic carbocycles. The van der Waals surface area contributed by atoms with E-state index in [4.69, 9.17) is 18.6 Å². The third kappa shape index (κ3) is 1.74. The molecule has 1 spiro atoms. The number of epoxide rings is 1. The number of hydrogen-bond acceptors (Lipinski definition) is 6. The predicted octanol–water partition coefficient (Wildman–Crippen LogP) is 4.23. The van der Waals surface area contributed by atoms with Gasteiger partial charge in [0, 0.05) is 33.6 Å². The highest BCUT2D eigenvalue weighted by atomic mass is 16.7. The van der Waals surface area contributed by atoms with Crippen LogP contribution in [0.1, 0.15) is 72.0 Å². The lowest BCUT2D eigenvalue weighted by molar-refractivity contribution is -0.349. The first-order chi connectivity index (χ1) is 15.0. The summed E-state index contributed by atoms with van der Waals surface area (Å²) < 4.78 is 24.7. The van der Waals surface area contributed by atoms with Crippen molar-refractivity contribution in [1.29, 1.82) is 0 Å². The van der Waals surface area contributed by atoms with Crippen molar-refractivity contribution in [3.05, 3.63) is 24.2 Å². The van der Waals surface area contributed by atoms with Crippen LogP contribution >= 0.6 is 0 Å².